The van der Waals surface area contributed by atoms with Crippen LogP contribution in [0.15, 0.2) is 46.9 Å². The maximum absolute atomic E-state index is 5.38. The number of benzene rings is 2. The number of thiocarbonyl (C=S) groups is 1. The minimum atomic E-state index is 0.0898. The van der Waals surface area contributed by atoms with E-state index in [4.69, 9.17) is 17.0 Å². The van der Waals surface area contributed by atoms with Gasteiger partial charge in [0.1, 0.15) is 5.75 Å². The Hall–Kier alpha value is -1.59. The van der Waals surface area contributed by atoms with E-state index >= 15 is 0 Å². The van der Waals surface area contributed by atoms with E-state index in [-0.39, 0.29) is 6.04 Å². The molecule has 22 heavy (non-hydrogen) atoms. The van der Waals surface area contributed by atoms with Gasteiger partial charge in [-0.2, -0.15) is 0 Å². The van der Waals surface area contributed by atoms with Gasteiger partial charge < -0.3 is 15.4 Å². The summed E-state index contributed by atoms with van der Waals surface area (Å²) in [6.07, 6.45) is 0. The van der Waals surface area contributed by atoms with Crippen molar-refractivity contribution in [3.8, 4) is 5.75 Å². The van der Waals surface area contributed by atoms with Crippen molar-refractivity contribution >= 4 is 38.9 Å². The predicted octanol–water partition coefficient (Wildman–Crippen LogP) is 4.81. The van der Waals surface area contributed by atoms with E-state index in [1.54, 1.807) is 7.11 Å². The summed E-state index contributed by atoms with van der Waals surface area (Å²) in [7, 11) is 1.66. The molecule has 0 aliphatic carbocycles. The summed E-state index contributed by atoms with van der Waals surface area (Å²) in [6, 6.07) is 14.2. The number of anilines is 1. The third kappa shape index (κ3) is 4.45. The molecule has 0 aliphatic heterocycles. The number of aryl methyl sites for hydroxylation is 1. The minimum Gasteiger partial charge on any atom is -0.496 e. The second kappa shape index (κ2) is 7.61. The number of rotatable bonds is 4. The lowest BCUT2D eigenvalue weighted by molar-refractivity contribution is 0.412. The van der Waals surface area contributed by atoms with E-state index in [0.29, 0.717) is 5.11 Å². The van der Waals surface area contributed by atoms with Crippen LogP contribution in [0.2, 0.25) is 0 Å². The molecule has 116 valence electrons. The lowest BCUT2D eigenvalue weighted by atomic mass is 10.1. The highest BCUT2D eigenvalue weighted by molar-refractivity contribution is 9.10. The molecule has 2 aromatic carbocycles. The lowest BCUT2D eigenvalue weighted by Crippen LogP contribution is -2.30. The zero-order chi connectivity index (χ0) is 16.1. The van der Waals surface area contributed by atoms with Crippen molar-refractivity contribution in [2.24, 2.45) is 0 Å². The van der Waals surface area contributed by atoms with Gasteiger partial charge in [-0.05, 0) is 77.4 Å². The quantitative estimate of drug-likeness (QED) is 0.747. The van der Waals surface area contributed by atoms with E-state index in [1.165, 1.54) is 5.56 Å². The molecular weight excluding hydrogens is 360 g/mol. The molecule has 0 amide bonds. The van der Waals surface area contributed by atoms with Crippen molar-refractivity contribution in [2.45, 2.75) is 19.9 Å². The zero-order valence-electron chi connectivity index (χ0n) is 12.8. The standard InChI is InChI=1S/C17H19BrN2OS/c1-11-5-4-6-14(9-11)20-17(22)19-12(2)13-7-8-16(21-3)15(18)10-13/h4-10,12H,1-3H3,(H2,19,20,22)/t12-/m0/s1. The first kappa shape index (κ1) is 16.8. The average Bonchev–Trinajstić information content (AvgIpc) is 2.46. The van der Waals surface area contributed by atoms with Gasteiger partial charge in [0.2, 0.25) is 0 Å². The van der Waals surface area contributed by atoms with Crippen LogP contribution in [0.1, 0.15) is 24.1 Å². The lowest BCUT2D eigenvalue weighted by Gasteiger charge is -2.18. The zero-order valence-corrected chi connectivity index (χ0v) is 15.2. The van der Waals surface area contributed by atoms with Gasteiger partial charge in [0.25, 0.3) is 0 Å². The molecule has 2 aromatic rings. The van der Waals surface area contributed by atoms with E-state index < -0.39 is 0 Å². The summed E-state index contributed by atoms with van der Waals surface area (Å²) >= 11 is 8.88. The van der Waals surface area contributed by atoms with Crippen LogP contribution >= 0.6 is 28.1 Å². The highest BCUT2D eigenvalue weighted by Gasteiger charge is 2.10. The van der Waals surface area contributed by atoms with Gasteiger partial charge in [-0.15, -0.1) is 0 Å². The third-order valence-electron chi connectivity index (χ3n) is 3.30. The monoisotopic (exact) mass is 378 g/mol. The molecule has 2 rings (SSSR count). The van der Waals surface area contributed by atoms with Crippen LogP contribution in [0, 0.1) is 6.92 Å². The number of hydrogen-bond donors (Lipinski definition) is 2. The van der Waals surface area contributed by atoms with Gasteiger partial charge in [-0.1, -0.05) is 18.2 Å². The third-order valence-corrected chi connectivity index (χ3v) is 4.14. The Labute approximate surface area is 145 Å². The second-order valence-corrected chi connectivity index (χ2v) is 6.35. The van der Waals surface area contributed by atoms with Crippen LogP contribution in [-0.4, -0.2) is 12.2 Å². The Morgan fingerprint density at radius 3 is 2.64 bits per heavy atom. The SMILES string of the molecule is COc1ccc([C@H](C)NC(=S)Nc2cccc(C)c2)cc1Br. The topological polar surface area (TPSA) is 33.3 Å². The van der Waals surface area contributed by atoms with Crippen LogP contribution in [0.4, 0.5) is 5.69 Å². The largest absolute Gasteiger partial charge is 0.496 e. The number of methoxy groups -OCH3 is 1. The summed E-state index contributed by atoms with van der Waals surface area (Å²) in [5, 5.41) is 7.09. The Bertz CT molecular complexity index is 675. The molecule has 0 bridgehead atoms. The summed E-state index contributed by atoms with van der Waals surface area (Å²) in [5.41, 5.74) is 3.31. The van der Waals surface area contributed by atoms with Gasteiger partial charge in [0.15, 0.2) is 5.11 Å². The highest BCUT2D eigenvalue weighted by Crippen LogP contribution is 2.28. The van der Waals surface area contributed by atoms with E-state index in [2.05, 4.69) is 52.5 Å². The number of hydrogen-bond acceptors (Lipinski definition) is 2. The van der Waals surface area contributed by atoms with E-state index in [0.717, 1.165) is 21.5 Å². The maximum Gasteiger partial charge on any atom is 0.171 e. The van der Waals surface area contributed by atoms with E-state index in [1.807, 2.05) is 30.3 Å². The highest BCUT2D eigenvalue weighted by atomic mass is 79.9. The molecule has 2 N–H and O–H groups in total. The number of halogens is 1. The molecule has 0 saturated heterocycles. The molecule has 0 aliphatic rings. The van der Waals surface area contributed by atoms with Crippen molar-refractivity contribution in [1.29, 1.82) is 0 Å². The van der Waals surface area contributed by atoms with Crippen LogP contribution in [-0.2, 0) is 0 Å². The molecule has 0 saturated carbocycles. The molecule has 0 unspecified atom stereocenters. The molecule has 0 fully saturated rings. The molecule has 3 nitrogen and oxygen atoms in total. The van der Waals surface area contributed by atoms with Crippen LogP contribution in [0.25, 0.3) is 0 Å². The summed E-state index contributed by atoms with van der Waals surface area (Å²) < 4.78 is 6.17. The fraction of sp³-hybridized carbons (Fsp3) is 0.235. The van der Waals surface area contributed by atoms with Gasteiger partial charge >= 0.3 is 0 Å². The van der Waals surface area contributed by atoms with Crippen molar-refractivity contribution < 1.29 is 4.74 Å². The predicted molar refractivity (Wildman–Crippen MR) is 99.6 cm³/mol. The van der Waals surface area contributed by atoms with Gasteiger partial charge in [-0.3, -0.25) is 0 Å². The second-order valence-electron chi connectivity index (χ2n) is 5.08. The summed E-state index contributed by atoms with van der Waals surface area (Å²) in [4.78, 5) is 0. The fourth-order valence-corrected chi connectivity index (χ4v) is 2.97. The summed E-state index contributed by atoms with van der Waals surface area (Å²) in [5.74, 6) is 0.816. The smallest absolute Gasteiger partial charge is 0.171 e. The molecule has 0 radical (unpaired) electrons. The van der Waals surface area contributed by atoms with Crippen molar-refractivity contribution in [3.63, 3.8) is 0 Å². The fourth-order valence-electron chi connectivity index (χ4n) is 2.12. The van der Waals surface area contributed by atoms with Crippen LogP contribution in [0.3, 0.4) is 0 Å². The van der Waals surface area contributed by atoms with E-state index in [9.17, 15) is 0 Å². The van der Waals surface area contributed by atoms with Crippen molar-refractivity contribution in [3.05, 3.63) is 58.1 Å². The van der Waals surface area contributed by atoms with Crippen LogP contribution in [0.5, 0.6) is 5.75 Å². The molecule has 1 atom stereocenters. The van der Waals surface area contributed by atoms with Crippen molar-refractivity contribution in [2.75, 3.05) is 12.4 Å². The molecule has 5 heteroatoms. The summed E-state index contributed by atoms with van der Waals surface area (Å²) in [6.45, 7) is 4.12. The first-order valence-corrected chi connectivity index (χ1v) is 8.17. The Morgan fingerprint density at radius 2 is 2.00 bits per heavy atom. The first-order chi connectivity index (χ1) is 10.5. The normalized spacial score (nSPS) is 11.6. The van der Waals surface area contributed by atoms with Crippen LogP contribution < -0.4 is 15.4 Å². The number of nitrogens with one attached hydrogen (secondary N) is 2. The Kier molecular flexibility index (Phi) is 5.80. The maximum atomic E-state index is 5.38. The minimum absolute atomic E-state index is 0.0898. The van der Waals surface area contributed by atoms with Gasteiger partial charge in [-0.25, -0.2) is 0 Å². The molecule has 0 heterocycles. The molecule has 0 aromatic heterocycles. The first-order valence-electron chi connectivity index (χ1n) is 6.97. The Balaban J connectivity index is 2.00. The Morgan fingerprint density at radius 1 is 1.23 bits per heavy atom. The van der Waals surface area contributed by atoms with Gasteiger partial charge in [0, 0.05) is 5.69 Å². The molecular formula is C17H19BrN2OS. The van der Waals surface area contributed by atoms with Crippen molar-refractivity contribution in [1.82, 2.24) is 5.32 Å². The van der Waals surface area contributed by atoms with Gasteiger partial charge in [0.05, 0.1) is 17.6 Å². The average molecular weight is 379 g/mol. The number of ether oxygens (including phenoxy) is 1. The molecule has 0 spiro atoms.